The molecule has 0 heterocycles. The second-order valence-electron chi connectivity index (χ2n) is 3.46. The maximum Gasteiger partial charge on any atom is 0.119 e. The van der Waals surface area contributed by atoms with Crippen molar-refractivity contribution in [1.29, 1.82) is 0 Å². The topological polar surface area (TPSA) is 20.2 Å². The van der Waals surface area contributed by atoms with Gasteiger partial charge in [-0.3, -0.25) is 0 Å². The predicted molar refractivity (Wildman–Crippen MR) is 66.2 cm³/mol. The van der Waals surface area contributed by atoms with Gasteiger partial charge in [0.25, 0.3) is 0 Å². The van der Waals surface area contributed by atoms with Crippen LogP contribution in [0.3, 0.4) is 0 Å². The first kappa shape index (κ1) is 11.6. The zero-order valence-electron chi connectivity index (χ0n) is 9.46. The third-order valence-electron chi connectivity index (χ3n) is 2.43. The van der Waals surface area contributed by atoms with E-state index in [2.05, 4.69) is 19.6 Å². The highest BCUT2D eigenvalue weighted by molar-refractivity contribution is 5.42. The van der Waals surface area contributed by atoms with Crippen LogP contribution < -0.4 is 10.4 Å². The van der Waals surface area contributed by atoms with Crippen LogP contribution in [0.15, 0.2) is 24.8 Å². The molecule has 0 amide bonds. The average Bonchev–Trinajstić information content (AvgIpc) is 2.24. The Morgan fingerprint density at radius 1 is 1.40 bits per heavy atom. The first-order valence-corrected chi connectivity index (χ1v) is 5.32. The van der Waals surface area contributed by atoms with Crippen LogP contribution in [0.25, 0.3) is 12.2 Å². The number of hydrogen-bond acceptors (Lipinski definition) is 1. The maximum absolute atomic E-state index is 9.76. The van der Waals surface area contributed by atoms with Gasteiger partial charge in [0.05, 0.1) is 0 Å². The molecule has 0 atom stereocenters. The molecule has 0 saturated heterocycles. The summed E-state index contributed by atoms with van der Waals surface area (Å²) in [5, 5.41) is 12.1. The van der Waals surface area contributed by atoms with Crippen molar-refractivity contribution in [2.24, 2.45) is 0 Å². The fourth-order valence-electron chi connectivity index (χ4n) is 1.77. The summed E-state index contributed by atoms with van der Waals surface area (Å²) < 4.78 is 0. The van der Waals surface area contributed by atoms with Crippen molar-refractivity contribution >= 4 is 12.2 Å². The Balaban J connectivity index is 3.55. The summed E-state index contributed by atoms with van der Waals surface area (Å²) in [6.07, 6.45) is 7.73. The Bertz CT molecular complexity index is 455. The lowest BCUT2D eigenvalue weighted by atomic mass is 10.0. The van der Waals surface area contributed by atoms with E-state index in [0.717, 1.165) is 17.2 Å². The molecule has 1 heteroatoms. The highest BCUT2D eigenvalue weighted by Crippen LogP contribution is 2.10. The van der Waals surface area contributed by atoms with E-state index >= 15 is 0 Å². The number of phenolic OH excluding ortho intramolecular Hbond substituents is 1. The maximum atomic E-state index is 9.76. The Kier molecular flexibility index (Phi) is 4.17. The van der Waals surface area contributed by atoms with Crippen LogP contribution in [-0.4, -0.2) is 5.11 Å². The number of hydrogen-bond donors (Lipinski definition) is 1. The van der Waals surface area contributed by atoms with Crippen molar-refractivity contribution < 1.29 is 5.11 Å². The number of aromatic hydroxyl groups is 1. The van der Waals surface area contributed by atoms with Gasteiger partial charge in [0, 0.05) is 5.56 Å². The smallest absolute Gasteiger partial charge is 0.119 e. The van der Waals surface area contributed by atoms with E-state index in [1.54, 1.807) is 6.07 Å². The molecule has 0 aliphatic heterocycles. The summed E-state index contributed by atoms with van der Waals surface area (Å²) >= 11 is 0. The van der Waals surface area contributed by atoms with Gasteiger partial charge in [0.1, 0.15) is 5.75 Å². The Morgan fingerprint density at radius 2 is 2.13 bits per heavy atom. The first-order chi connectivity index (χ1) is 7.24. The summed E-state index contributed by atoms with van der Waals surface area (Å²) in [5.41, 5.74) is 0.967. The third-order valence-corrected chi connectivity index (χ3v) is 2.43. The first-order valence-electron chi connectivity index (χ1n) is 5.32. The summed E-state index contributed by atoms with van der Waals surface area (Å²) in [6.45, 7) is 7.82. The lowest BCUT2D eigenvalue weighted by molar-refractivity contribution is 0.469. The van der Waals surface area contributed by atoms with E-state index in [1.165, 1.54) is 5.22 Å². The fraction of sp³-hybridized carbons (Fsp3) is 0.286. The van der Waals surface area contributed by atoms with Gasteiger partial charge in [-0.1, -0.05) is 31.2 Å². The standard InChI is InChI=1S/C14H18O/c1-4-7-11-9-10-14(15)13(8-5-2)12(11)6-3/h5-7,9-10,15H,2,4,8H2,1,3H3/b11-7-,12-6+. The number of rotatable bonds is 3. The molecule has 15 heavy (non-hydrogen) atoms. The molecule has 0 unspecified atom stereocenters. The molecule has 1 N–H and O–H groups in total. The van der Waals surface area contributed by atoms with Crippen LogP contribution in [0.5, 0.6) is 5.75 Å². The summed E-state index contributed by atoms with van der Waals surface area (Å²) in [4.78, 5) is 0. The number of benzene rings is 1. The molecule has 80 valence electrons. The fourth-order valence-corrected chi connectivity index (χ4v) is 1.77. The number of allylic oxidation sites excluding steroid dienone is 1. The molecule has 0 aromatic heterocycles. The van der Waals surface area contributed by atoms with Crippen molar-refractivity contribution in [2.75, 3.05) is 0 Å². The Labute approximate surface area is 91.1 Å². The summed E-state index contributed by atoms with van der Waals surface area (Å²) in [5.74, 6) is 0.358. The highest BCUT2D eigenvalue weighted by Gasteiger charge is 2.01. The van der Waals surface area contributed by atoms with Gasteiger partial charge in [-0.2, -0.15) is 0 Å². The van der Waals surface area contributed by atoms with Crippen molar-refractivity contribution in [1.82, 2.24) is 0 Å². The van der Waals surface area contributed by atoms with Crippen LogP contribution in [-0.2, 0) is 6.42 Å². The van der Waals surface area contributed by atoms with Gasteiger partial charge in [-0.15, -0.1) is 6.58 Å². The van der Waals surface area contributed by atoms with Crippen LogP contribution >= 0.6 is 0 Å². The van der Waals surface area contributed by atoms with E-state index < -0.39 is 0 Å². The minimum absolute atomic E-state index is 0.358. The molecule has 1 aromatic carbocycles. The minimum atomic E-state index is 0.358. The van der Waals surface area contributed by atoms with E-state index in [1.807, 2.05) is 25.1 Å². The van der Waals surface area contributed by atoms with Gasteiger partial charge < -0.3 is 5.11 Å². The summed E-state index contributed by atoms with van der Waals surface area (Å²) in [6, 6.07) is 3.72. The van der Waals surface area contributed by atoms with Gasteiger partial charge in [0.15, 0.2) is 0 Å². The molecule has 0 radical (unpaired) electrons. The molecule has 1 aromatic rings. The zero-order valence-corrected chi connectivity index (χ0v) is 9.46. The van der Waals surface area contributed by atoms with Gasteiger partial charge in [0.2, 0.25) is 0 Å². The molecule has 1 nitrogen and oxygen atoms in total. The van der Waals surface area contributed by atoms with Crippen molar-refractivity contribution in [3.05, 3.63) is 40.8 Å². The van der Waals surface area contributed by atoms with Gasteiger partial charge in [-0.05, 0) is 36.3 Å². The van der Waals surface area contributed by atoms with E-state index in [9.17, 15) is 5.11 Å². The van der Waals surface area contributed by atoms with E-state index in [4.69, 9.17) is 0 Å². The SMILES string of the molecule is C=CCc1c(O)ccc(=C/CC)/c1=C\C. The monoisotopic (exact) mass is 202 g/mol. The van der Waals surface area contributed by atoms with Gasteiger partial charge in [-0.25, -0.2) is 0 Å². The molecule has 0 bridgehead atoms. The van der Waals surface area contributed by atoms with Gasteiger partial charge >= 0.3 is 0 Å². The minimum Gasteiger partial charge on any atom is -0.508 e. The number of phenols is 1. The predicted octanol–water partition coefficient (Wildman–Crippen LogP) is 2.11. The third kappa shape index (κ3) is 2.50. The summed E-state index contributed by atoms with van der Waals surface area (Å²) in [7, 11) is 0. The lowest BCUT2D eigenvalue weighted by Gasteiger charge is -2.03. The second-order valence-corrected chi connectivity index (χ2v) is 3.46. The Morgan fingerprint density at radius 3 is 2.67 bits per heavy atom. The molecule has 0 aliphatic carbocycles. The molecular formula is C14H18O. The molecule has 0 aliphatic rings. The second kappa shape index (κ2) is 5.40. The molecular weight excluding hydrogens is 184 g/mol. The van der Waals surface area contributed by atoms with Crippen LogP contribution in [0.2, 0.25) is 0 Å². The lowest BCUT2D eigenvalue weighted by Crippen LogP contribution is -2.28. The largest absolute Gasteiger partial charge is 0.508 e. The zero-order chi connectivity index (χ0) is 11.3. The normalized spacial score (nSPS) is 13.2. The molecule has 0 fully saturated rings. The van der Waals surface area contributed by atoms with Crippen molar-refractivity contribution in [2.45, 2.75) is 26.7 Å². The molecule has 0 spiro atoms. The average molecular weight is 202 g/mol. The molecule has 0 saturated carbocycles. The van der Waals surface area contributed by atoms with E-state index in [0.29, 0.717) is 12.2 Å². The quantitative estimate of drug-likeness (QED) is 0.744. The Hall–Kier alpha value is -1.50. The van der Waals surface area contributed by atoms with Crippen LogP contribution in [0.1, 0.15) is 25.8 Å². The van der Waals surface area contributed by atoms with Crippen LogP contribution in [0.4, 0.5) is 0 Å². The van der Waals surface area contributed by atoms with E-state index in [-0.39, 0.29) is 0 Å². The van der Waals surface area contributed by atoms with Crippen LogP contribution in [0, 0.1) is 0 Å². The van der Waals surface area contributed by atoms with Crippen molar-refractivity contribution in [3.8, 4) is 5.75 Å². The highest BCUT2D eigenvalue weighted by atomic mass is 16.3. The van der Waals surface area contributed by atoms with Crippen molar-refractivity contribution in [3.63, 3.8) is 0 Å². The molecule has 1 rings (SSSR count).